The number of methoxy groups -OCH3 is 1. The van der Waals surface area contributed by atoms with Crippen LogP contribution in [-0.2, 0) is 19.9 Å². The highest BCUT2D eigenvalue weighted by Crippen LogP contribution is 2.27. The lowest BCUT2D eigenvalue weighted by atomic mass is 10.1. The predicted molar refractivity (Wildman–Crippen MR) is 90.5 cm³/mol. The first-order valence-electron chi connectivity index (χ1n) is 7.62. The fourth-order valence-electron chi connectivity index (χ4n) is 2.73. The molecule has 0 aliphatic carbocycles. The molecule has 1 saturated heterocycles. The molecule has 0 amide bonds. The summed E-state index contributed by atoms with van der Waals surface area (Å²) in [5, 5.41) is 9.72. The summed E-state index contributed by atoms with van der Waals surface area (Å²) in [5.74, 6) is 0.691. The van der Waals surface area contributed by atoms with Gasteiger partial charge < -0.3 is 19.7 Å². The number of anilines is 2. The number of rotatable bonds is 3. The highest BCUT2D eigenvalue weighted by atomic mass is 32.1. The number of esters is 1. The standard InChI is InChI=1S/C13H21N7O3S/c1-13(8-9(21)22-3)17-18(2)12(24)15-10-14-11(16-20(10)13)19-4-6-23-7-5-19/h17H,4-8H2,1-3H3,(H,14,15,16,24). The fourth-order valence-corrected chi connectivity index (χ4v) is 2.87. The maximum absolute atomic E-state index is 11.9. The van der Waals surface area contributed by atoms with Crippen LogP contribution in [0, 0.1) is 0 Å². The number of aromatic nitrogens is 3. The molecule has 132 valence electrons. The first kappa shape index (κ1) is 16.9. The van der Waals surface area contributed by atoms with Crippen LogP contribution >= 0.6 is 12.2 Å². The van der Waals surface area contributed by atoms with Gasteiger partial charge in [0.2, 0.25) is 11.9 Å². The summed E-state index contributed by atoms with van der Waals surface area (Å²) in [7, 11) is 3.12. The van der Waals surface area contributed by atoms with Crippen LogP contribution in [0.4, 0.5) is 11.9 Å². The Kier molecular flexibility index (Phi) is 4.56. The summed E-state index contributed by atoms with van der Waals surface area (Å²) in [5.41, 5.74) is 2.32. The number of hydrazine groups is 1. The zero-order chi connectivity index (χ0) is 17.3. The van der Waals surface area contributed by atoms with Gasteiger partial charge in [0, 0.05) is 20.1 Å². The van der Waals surface area contributed by atoms with Gasteiger partial charge in [-0.15, -0.1) is 5.10 Å². The molecule has 24 heavy (non-hydrogen) atoms. The smallest absolute Gasteiger partial charge is 0.309 e. The molecule has 2 aliphatic heterocycles. The molecular weight excluding hydrogens is 334 g/mol. The van der Waals surface area contributed by atoms with Crippen molar-refractivity contribution in [2.45, 2.75) is 19.0 Å². The van der Waals surface area contributed by atoms with Gasteiger partial charge in [0.1, 0.15) is 5.66 Å². The van der Waals surface area contributed by atoms with Gasteiger partial charge in [-0.1, -0.05) is 0 Å². The van der Waals surface area contributed by atoms with E-state index in [1.807, 2.05) is 11.8 Å². The number of thiocarbonyl (C=S) groups is 1. The lowest BCUT2D eigenvalue weighted by Crippen LogP contribution is -2.54. The zero-order valence-electron chi connectivity index (χ0n) is 13.9. The van der Waals surface area contributed by atoms with E-state index >= 15 is 0 Å². The number of hydrogen-bond acceptors (Lipinski definition) is 8. The molecule has 0 bridgehead atoms. The van der Waals surface area contributed by atoms with E-state index in [0.717, 1.165) is 13.1 Å². The van der Waals surface area contributed by atoms with Gasteiger partial charge in [-0.2, -0.15) is 4.98 Å². The maximum atomic E-state index is 11.9. The average molecular weight is 355 g/mol. The third-order valence-corrected chi connectivity index (χ3v) is 4.38. The zero-order valence-corrected chi connectivity index (χ0v) is 14.7. The van der Waals surface area contributed by atoms with Crippen molar-refractivity contribution in [3.05, 3.63) is 0 Å². The third kappa shape index (κ3) is 3.14. The minimum absolute atomic E-state index is 0.0665. The molecule has 3 rings (SSSR count). The number of fused-ring (bicyclic) bond motifs is 1. The minimum atomic E-state index is -0.873. The van der Waals surface area contributed by atoms with E-state index in [9.17, 15) is 4.79 Å². The van der Waals surface area contributed by atoms with E-state index < -0.39 is 5.66 Å². The molecule has 1 atom stereocenters. The van der Waals surface area contributed by atoms with Crippen LogP contribution in [-0.4, -0.2) is 71.3 Å². The Hall–Kier alpha value is -1.98. The average Bonchev–Trinajstić information content (AvgIpc) is 2.96. The van der Waals surface area contributed by atoms with Crippen LogP contribution in [0.2, 0.25) is 0 Å². The van der Waals surface area contributed by atoms with Crippen LogP contribution in [0.15, 0.2) is 0 Å². The van der Waals surface area contributed by atoms with Gasteiger partial charge in [0.05, 0.1) is 26.7 Å². The Balaban J connectivity index is 1.97. The Morgan fingerprint density at radius 3 is 2.83 bits per heavy atom. The number of ether oxygens (including phenoxy) is 2. The Labute approximate surface area is 145 Å². The summed E-state index contributed by atoms with van der Waals surface area (Å²) >= 11 is 5.32. The summed E-state index contributed by atoms with van der Waals surface area (Å²) in [6, 6.07) is 0. The van der Waals surface area contributed by atoms with Gasteiger partial charge in [-0.25, -0.2) is 10.1 Å². The van der Waals surface area contributed by atoms with E-state index in [0.29, 0.717) is 30.2 Å². The molecule has 0 spiro atoms. The molecule has 0 saturated carbocycles. The molecule has 10 nitrogen and oxygen atoms in total. The monoisotopic (exact) mass is 355 g/mol. The molecule has 1 unspecified atom stereocenters. The van der Waals surface area contributed by atoms with E-state index in [1.165, 1.54) is 7.11 Å². The molecule has 0 radical (unpaired) electrons. The summed E-state index contributed by atoms with van der Waals surface area (Å²) in [6.45, 7) is 4.55. The van der Waals surface area contributed by atoms with Crippen molar-refractivity contribution in [2.24, 2.45) is 0 Å². The quantitative estimate of drug-likeness (QED) is 0.545. The Morgan fingerprint density at radius 2 is 2.17 bits per heavy atom. The SMILES string of the molecule is COC(=O)CC1(C)NN(C)C(=S)Nc2nc(N3CCOCC3)nn21. The molecule has 3 heterocycles. The number of morpholine rings is 1. The van der Waals surface area contributed by atoms with E-state index in [2.05, 4.69) is 20.8 Å². The number of nitrogens with zero attached hydrogens (tertiary/aromatic N) is 5. The predicted octanol–water partition coefficient (Wildman–Crippen LogP) is -0.503. The Morgan fingerprint density at radius 1 is 1.46 bits per heavy atom. The van der Waals surface area contributed by atoms with Gasteiger partial charge in [0.15, 0.2) is 5.11 Å². The van der Waals surface area contributed by atoms with Crippen molar-refractivity contribution in [2.75, 3.05) is 50.7 Å². The molecule has 2 N–H and O–H groups in total. The highest BCUT2D eigenvalue weighted by molar-refractivity contribution is 7.80. The van der Waals surface area contributed by atoms with Gasteiger partial charge in [-0.05, 0) is 19.1 Å². The largest absolute Gasteiger partial charge is 0.469 e. The number of carbonyl (C=O) groups excluding carboxylic acids is 1. The maximum Gasteiger partial charge on any atom is 0.309 e. The molecule has 1 aromatic heterocycles. The van der Waals surface area contributed by atoms with Gasteiger partial charge in [0.25, 0.3) is 0 Å². The topological polar surface area (TPSA) is 96.8 Å². The fraction of sp³-hybridized carbons (Fsp3) is 0.692. The van der Waals surface area contributed by atoms with Crippen LogP contribution in [0.1, 0.15) is 13.3 Å². The first-order chi connectivity index (χ1) is 11.4. The molecule has 11 heteroatoms. The summed E-state index contributed by atoms with van der Waals surface area (Å²) < 4.78 is 11.8. The molecule has 1 fully saturated rings. The molecule has 2 aliphatic rings. The van der Waals surface area contributed by atoms with Crippen LogP contribution < -0.4 is 15.6 Å². The van der Waals surface area contributed by atoms with E-state index in [1.54, 1.807) is 16.7 Å². The number of nitrogens with one attached hydrogen (secondary N) is 2. The second-order valence-electron chi connectivity index (χ2n) is 5.87. The van der Waals surface area contributed by atoms with Crippen LogP contribution in [0.3, 0.4) is 0 Å². The van der Waals surface area contributed by atoms with Crippen molar-refractivity contribution in [1.29, 1.82) is 0 Å². The van der Waals surface area contributed by atoms with Crippen LogP contribution in [0.5, 0.6) is 0 Å². The van der Waals surface area contributed by atoms with Crippen molar-refractivity contribution in [3.8, 4) is 0 Å². The lowest BCUT2D eigenvalue weighted by Gasteiger charge is -2.32. The van der Waals surface area contributed by atoms with Crippen molar-refractivity contribution >= 4 is 35.2 Å². The Bertz CT molecular complexity index is 646. The van der Waals surface area contributed by atoms with Crippen molar-refractivity contribution in [3.63, 3.8) is 0 Å². The van der Waals surface area contributed by atoms with E-state index in [-0.39, 0.29) is 12.4 Å². The van der Waals surface area contributed by atoms with Crippen LogP contribution in [0.25, 0.3) is 0 Å². The first-order valence-corrected chi connectivity index (χ1v) is 8.03. The highest BCUT2D eigenvalue weighted by Gasteiger charge is 2.39. The normalized spacial score (nSPS) is 24.2. The second-order valence-corrected chi connectivity index (χ2v) is 6.26. The third-order valence-electron chi connectivity index (χ3n) is 4.01. The summed E-state index contributed by atoms with van der Waals surface area (Å²) in [6.07, 6.45) is 0.0665. The number of hydrogen-bond donors (Lipinski definition) is 2. The summed E-state index contributed by atoms with van der Waals surface area (Å²) in [4.78, 5) is 18.5. The van der Waals surface area contributed by atoms with Gasteiger partial charge >= 0.3 is 5.97 Å². The van der Waals surface area contributed by atoms with Gasteiger partial charge in [-0.3, -0.25) is 9.80 Å². The minimum Gasteiger partial charge on any atom is -0.469 e. The van der Waals surface area contributed by atoms with E-state index in [4.69, 9.17) is 21.7 Å². The molecular formula is C13H21N7O3S. The lowest BCUT2D eigenvalue weighted by molar-refractivity contribution is -0.144. The molecule has 0 aromatic carbocycles. The molecule has 1 aromatic rings. The second kappa shape index (κ2) is 6.49. The van der Waals surface area contributed by atoms with Crippen molar-refractivity contribution in [1.82, 2.24) is 25.2 Å². The van der Waals surface area contributed by atoms with Crippen molar-refractivity contribution < 1.29 is 14.3 Å². The number of carbonyl (C=O) groups is 1.